The van der Waals surface area contributed by atoms with Gasteiger partial charge in [0.25, 0.3) is 0 Å². The normalized spacial score (nSPS) is 16.2. The number of anilines is 1. The minimum atomic E-state index is 0.746. The summed E-state index contributed by atoms with van der Waals surface area (Å²) in [6.45, 7) is 1.01. The van der Waals surface area contributed by atoms with Crippen molar-refractivity contribution in [2.24, 2.45) is 5.92 Å². The molecule has 1 fully saturated rings. The van der Waals surface area contributed by atoms with Gasteiger partial charge in [-0.15, -0.1) is 0 Å². The van der Waals surface area contributed by atoms with E-state index in [0.717, 1.165) is 23.7 Å². The predicted octanol–water partition coefficient (Wildman–Crippen LogP) is 3.16. The Labute approximate surface area is 90.9 Å². The standard InChI is InChI=1S/C13H16N2/c14-9-12-7-3-4-8-13(12)15-10-11-5-1-2-6-11/h3-4,7-8,11,15H,1-2,5-6,10H2. The van der Waals surface area contributed by atoms with E-state index in [1.165, 1.54) is 25.7 Å². The van der Waals surface area contributed by atoms with Crippen LogP contribution in [0.2, 0.25) is 0 Å². The van der Waals surface area contributed by atoms with Crippen LogP contribution in [0.4, 0.5) is 5.69 Å². The first-order chi connectivity index (χ1) is 7.40. The summed E-state index contributed by atoms with van der Waals surface area (Å²) in [5, 5.41) is 12.3. The number of nitriles is 1. The molecule has 2 nitrogen and oxygen atoms in total. The minimum Gasteiger partial charge on any atom is -0.384 e. The van der Waals surface area contributed by atoms with Gasteiger partial charge in [-0.1, -0.05) is 25.0 Å². The molecule has 0 bridgehead atoms. The van der Waals surface area contributed by atoms with E-state index in [4.69, 9.17) is 5.26 Å². The lowest BCUT2D eigenvalue weighted by Crippen LogP contribution is -2.11. The van der Waals surface area contributed by atoms with Crippen molar-refractivity contribution in [1.29, 1.82) is 5.26 Å². The molecular weight excluding hydrogens is 184 g/mol. The highest BCUT2D eigenvalue weighted by molar-refractivity contribution is 5.57. The fraction of sp³-hybridized carbons (Fsp3) is 0.462. The molecule has 0 aromatic heterocycles. The van der Waals surface area contributed by atoms with E-state index in [9.17, 15) is 0 Å². The molecule has 1 N–H and O–H groups in total. The van der Waals surface area contributed by atoms with Crippen molar-refractivity contribution in [2.75, 3.05) is 11.9 Å². The summed E-state index contributed by atoms with van der Waals surface area (Å²) in [6, 6.07) is 9.92. The van der Waals surface area contributed by atoms with Gasteiger partial charge in [0.15, 0.2) is 0 Å². The zero-order chi connectivity index (χ0) is 10.5. The lowest BCUT2D eigenvalue weighted by atomic mass is 10.1. The molecule has 15 heavy (non-hydrogen) atoms. The van der Waals surface area contributed by atoms with Crippen molar-refractivity contribution in [3.05, 3.63) is 29.8 Å². The van der Waals surface area contributed by atoms with E-state index >= 15 is 0 Å². The second-order valence-electron chi connectivity index (χ2n) is 4.19. The molecule has 0 amide bonds. The van der Waals surface area contributed by atoms with E-state index in [-0.39, 0.29) is 0 Å². The number of nitrogens with zero attached hydrogens (tertiary/aromatic N) is 1. The van der Waals surface area contributed by atoms with Crippen LogP contribution < -0.4 is 5.32 Å². The van der Waals surface area contributed by atoms with Crippen molar-refractivity contribution >= 4 is 5.69 Å². The van der Waals surface area contributed by atoms with E-state index in [1.807, 2.05) is 24.3 Å². The third-order valence-corrected chi connectivity index (χ3v) is 3.10. The quantitative estimate of drug-likeness (QED) is 0.813. The molecule has 1 aromatic carbocycles. The van der Waals surface area contributed by atoms with Gasteiger partial charge in [-0.05, 0) is 30.9 Å². The second kappa shape index (κ2) is 4.84. The number of para-hydroxylation sites is 1. The first-order valence-corrected chi connectivity index (χ1v) is 5.63. The summed E-state index contributed by atoms with van der Waals surface area (Å²) < 4.78 is 0. The Morgan fingerprint density at radius 2 is 2.00 bits per heavy atom. The molecule has 0 spiro atoms. The third-order valence-electron chi connectivity index (χ3n) is 3.10. The van der Waals surface area contributed by atoms with E-state index < -0.39 is 0 Å². The monoisotopic (exact) mass is 200 g/mol. The van der Waals surface area contributed by atoms with Gasteiger partial charge in [0.2, 0.25) is 0 Å². The summed E-state index contributed by atoms with van der Waals surface area (Å²) >= 11 is 0. The molecule has 1 aromatic rings. The van der Waals surface area contributed by atoms with Crippen LogP contribution in [-0.4, -0.2) is 6.54 Å². The number of hydrogen-bond donors (Lipinski definition) is 1. The fourth-order valence-corrected chi connectivity index (χ4v) is 2.20. The van der Waals surface area contributed by atoms with Crippen molar-refractivity contribution in [3.63, 3.8) is 0 Å². The minimum absolute atomic E-state index is 0.746. The molecular formula is C13H16N2. The van der Waals surface area contributed by atoms with Crippen LogP contribution in [0.25, 0.3) is 0 Å². The highest BCUT2D eigenvalue weighted by Gasteiger charge is 2.14. The third kappa shape index (κ3) is 2.50. The molecule has 2 rings (SSSR count). The highest BCUT2D eigenvalue weighted by Crippen LogP contribution is 2.25. The Balaban J connectivity index is 1.95. The smallest absolute Gasteiger partial charge is 0.101 e. The van der Waals surface area contributed by atoms with Gasteiger partial charge < -0.3 is 5.32 Å². The van der Waals surface area contributed by atoms with Crippen LogP contribution in [0.3, 0.4) is 0 Å². The molecule has 0 radical (unpaired) electrons. The number of rotatable bonds is 3. The molecule has 1 aliphatic carbocycles. The summed E-state index contributed by atoms with van der Waals surface area (Å²) in [6.07, 6.45) is 5.40. The van der Waals surface area contributed by atoms with Crippen LogP contribution in [0, 0.1) is 17.2 Å². The number of hydrogen-bond acceptors (Lipinski definition) is 2. The average molecular weight is 200 g/mol. The summed E-state index contributed by atoms with van der Waals surface area (Å²) in [5.41, 5.74) is 1.72. The molecule has 0 saturated heterocycles. The fourth-order valence-electron chi connectivity index (χ4n) is 2.20. The summed E-state index contributed by atoms with van der Waals surface area (Å²) in [5.74, 6) is 0.803. The second-order valence-corrected chi connectivity index (χ2v) is 4.19. The molecule has 0 heterocycles. The van der Waals surface area contributed by atoms with Crippen LogP contribution >= 0.6 is 0 Å². The van der Waals surface area contributed by atoms with Gasteiger partial charge in [0.1, 0.15) is 6.07 Å². The predicted molar refractivity (Wildman–Crippen MR) is 61.6 cm³/mol. The van der Waals surface area contributed by atoms with Crippen molar-refractivity contribution in [2.45, 2.75) is 25.7 Å². The SMILES string of the molecule is N#Cc1ccccc1NCC1CCCC1. The Kier molecular flexibility index (Phi) is 3.24. The van der Waals surface area contributed by atoms with Crippen molar-refractivity contribution in [3.8, 4) is 6.07 Å². The van der Waals surface area contributed by atoms with Gasteiger partial charge in [0.05, 0.1) is 11.3 Å². The highest BCUT2D eigenvalue weighted by atomic mass is 14.9. The van der Waals surface area contributed by atoms with Gasteiger partial charge >= 0.3 is 0 Å². The topological polar surface area (TPSA) is 35.8 Å². The number of benzene rings is 1. The Hall–Kier alpha value is -1.49. The largest absolute Gasteiger partial charge is 0.384 e. The molecule has 0 unspecified atom stereocenters. The van der Waals surface area contributed by atoms with Crippen molar-refractivity contribution < 1.29 is 0 Å². The van der Waals surface area contributed by atoms with Gasteiger partial charge in [-0.25, -0.2) is 0 Å². The van der Waals surface area contributed by atoms with Crippen LogP contribution in [0.15, 0.2) is 24.3 Å². The Morgan fingerprint density at radius 3 is 2.73 bits per heavy atom. The summed E-state index contributed by atoms with van der Waals surface area (Å²) in [7, 11) is 0. The zero-order valence-electron chi connectivity index (χ0n) is 8.87. The van der Waals surface area contributed by atoms with Crippen LogP contribution in [0.1, 0.15) is 31.2 Å². The van der Waals surface area contributed by atoms with Gasteiger partial charge in [-0.2, -0.15) is 5.26 Å². The molecule has 0 aliphatic heterocycles. The average Bonchev–Trinajstić information content (AvgIpc) is 2.79. The lowest BCUT2D eigenvalue weighted by molar-refractivity contribution is 0.580. The first kappa shape index (κ1) is 10.0. The molecule has 1 aliphatic rings. The Morgan fingerprint density at radius 1 is 1.27 bits per heavy atom. The molecule has 78 valence electrons. The summed E-state index contributed by atoms with van der Waals surface area (Å²) in [4.78, 5) is 0. The zero-order valence-corrected chi connectivity index (χ0v) is 8.87. The molecule has 2 heteroatoms. The lowest BCUT2D eigenvalue weighted by Gasteiger charge is -2.12. The van der Waals surface area contributed by atoms with Crippen molar-refractivity contribution in [1.82, 2.24) is 0 Å². The Bertz CT molecular complexity index is 359. The van der Waals surface area contributed by atoms with Crippen LogP contribution in [-0.2, 0) is 0 Å². The van der Waals surface area contributed by atoms with E-state index in [2.05, 4.69) is 11.4 Å². The molecule has 1 saturated carbocycles. The van der Waals surface area contributed by atoms with Gasteiger partial charge in [0, 0.05) is 6.54 Å². The maximum absolute atomic E-state index is 8.92. The maximum Gasteiger partial charge on any atom is 0.101 e. The van der Waals surface area contributed by atoms with Crippen LogP contribution in [0.5, 0.6) is 0 Å². The van der Waals surface area contributed by atoms with E-state index in [0.29, 0.717) is 0 Å². The number of nitrogens with one attached hydrogen (secondary N) is 1. The van der Waals surface area contributed by atoms with E-state index in [1.54, 1.807) is 0 Å². The first-order valence-electron chi connectivity index (χ1n) is 5.63. The molecule has 0 atom stereocenters. The maximum atomic E-state index is 8.92. The van der Waals surface area contributed by atoms with Gasteiger partial charge in [-0.3, -0.25) is 0 Å².